The standard InChI is InChI=1S/C24H34N4O2/c29-24(26-16-19-7-3-1-4-8-19)14-20-9-10-25-17-21(20)13-22-15-23(30-27-22)18-28-11-5-2-6-12-28/h1,3-4,7-8,15,20-21,25H,2,5-6,9-14,16-18H2,(H,26,29)/t20-,21-/m0/s1. The number of rotatable bonds is 8. The number of benzene rings is 1. The number of nitrogens with zero attached hydrogens (tertiary/aromatic N) is 2. The molecule has 162 valence electrons. The Morgan fingerprint density at radius 3 is 2.83 bits per heavy atom. The van der Waals surface area contributed by atoms with Gasteiger partial charge in [-0.05, 0) is 69.3 Å². The summed E-state index contributed by atoms with van der Waals surface area (Å²) in [6.07, 6.45) is 6.38. The molecular formula is C24H34N4O2. The summed E-state index contributed by atoms with van der Waals surface area (Å²) >= 11 is 0. The summed E-state index contributed by atoms with van der Waals surface area (Å²) in [4.78, 5) is 15.0. The Hall–Kier alpha value is -2.18. The second kappa shape index (κ2) is 10.7. The number of carbonyl (C=O) groups excluding carboxylic acids is 1. The molecule has 0 spiro atoms. The maximum absolute atomic E-state index is 12.5. The minimum Gasteiger partial charge on any atom is -0.360 e. The van der Waals surface area contributed by atoms with Crippen LogP contribution < -0.4 is 10.6 Å². The molecule has 1 amide bonds. The fraction of sp³-hybridized carbons (Fsp3) is 0.583. The SMILES string of the molecule is O=C(C[C@@H]1CCNC[C@@H]1Cc1cc(CN2CCCCC2)on1)NCc1ccccc1. The van der Waals surface area contributed by atoms with Crippen LogP contribution in [0, 0.1) is 11.8 Å². The molecule has 2 aliphatic heterocycles. The van der Waals surface area contributed by atoms with Gasteiger partial charge in [0.2, 0.25) is 5.91 Å². The van der Waals surface area contributed by atoms with Crippen LogP contribution in [0.3, 0.4) is 0 Å². The molecule has 2 aliphatic rings. The van der Waals surface area contributed by atoms with E-state index in [2.05, 4.69) is 26.8 Å². The molecule has 3 heterocycles. The lowest BCUT2D eigenvalue weighted by Gasteiger charge is -2.31. The molecule has 0 radical (unpaired) electrons. The third-order valence-corrected chi connectivity index (χ3v) is 6.45. The van der Waals surface area contributed by atoms with E-state index >= 15 is 0 Å². The number of aromatic nitrogens is 1. The van der Waals surface area contributed by atoms with Crippen LogP contribution in [-0.2, 0) is 24.3 Å². The highest BCUT2D eigenvalue weighted by Crippen LogP contribution is 2.26. The van der Waals surface area contributed by atoms with Crippen LogP contribution >= 0.6 is 0 Å². The zero-order chi connectivity index (χ0) is 20.6. The highest BCUT2D eigenvalue weighted by molar-refractivity contribution is 5.76. The molecule has 6 heteroatoms. The Morgan fingerprint density at radius 2 is 2.00 bits per heavy atom. The van der Waals surface area contributed by atoms with E-state index in [1.54, 1.807) is 0 Å². The zero-order valence-corrected chi connectivity index (χ0v) is 17.8. The summed E-state index contributed by atoms with van der Waals surface area (Å²) < 4.78 is 5.62. The van der Waals surface area contributed by atoms with Gasteiger partial charge in [-0.15, -0.1) is 0 Å². The lowest BCUT2D eigenvalue weighted by Crippen LogP contribution is -2.40. The van der Waals surface area contributed by atoms with Crippen molar-refractivity contribution >= 4 is 5.91 Å². The van der Waals surface area contributed by atoms with Gasteiger partial charge in [-0.3, -0.25) is 9.69 Å². The Morgan fingerprint density at radius 1 is 1.17 bits per heavy atom. The number of carbonyl (C=O) groups is 1. The van der Waals surface area contributed by atoms with Crippen LogP contribution in [-0.4, -0.2) is 42.1 Å². The van der Waals surface area contributed by atoms with Gasteiger partial charge in [-0.2, -0.15) is 0 Å². The van der Waals surface area contributed by atoms with Crippen molar-refractivity contribution in [3.8, 4) is 0 Å². The summed E-state index contributed by atoms with van der Waals surface area (Å²) in [6.45, 7) is 5.68. The highest BCUT2D eigenvalue weighted by Gasteiger charge is 2.28. The van der Waals surface area contributed by atoms with Crippen molar-refractivity contribution in [3.63, 3.8) is 0 Å². The molecule has 2 N–H and O–H groups in total. The molecule has 0 aliphatic carbocycles. The second-order valence-corrected chi connectivity index (χ2v) is 8.80. The van der Waals surface area contributed by atoms with Crippen LogP contribution in [0.5, 0.6) is 0 Å². The molecule has 2 saturated heterocycles. The summed E-state index contributed by atoms with van der Waals surface area (Å²) in [7, 11) is 0. The average Bonchev–Trinajstić information content (AvgIpc) is 3.22. The lowest BCUT2D eigenvalue weighted by atomic mass is 9.81. The fourth-order valence-electron chi connectivity index (χ4n) is 4.72. The Balaban J connectivity index is 1.27. The van der Waals surface area contributed by atoms with E-state index in [0.29, 0.717) is 24.8 Å². The molecule has 1 aromatic heterocycles. The minimum absolute atomic E-state index is 0.140. The van der Waals surface area contributed by atoms with Gasteiger partial charge in [0.05, 0.1) is 12.2 Å². The molecular weight excluding hydrogens is 376 g/mol. The smallest absolute Gasteiger partial charge is 0.220 e. The third kappa shape index (κ3) is 6.16. The monoisotopic (exact) mass is 410 g/mol. The molecule has 30 heavy (non-hydrogen) atoms. The van der Waals surface area contributed by atoms with Crippen molar-refractivity contribution in [2.24, 2.45) is 11.8 Å². The Labute approximate surface area is 179 Å². The van der Waals surface area contributed by atoms with Crippen molar-refractivity contribution < 1.29 is 9.32 Å². The summed E-state index contributed by atoms with van der Waals surface area (Å²) in [5.74, 6) is 1.90. The van der Waals surface area contributed by atoms with E-state index in [0.717, 1.165) is 62.6 Å². The first kappa shape index (κ1) is 21.1. The number of amides is 1. The number of hydrogen-bond acceptors (Lipinski definition) is 5. The van der Waals surface area contributed by atoms with Gasteiger partial charge in [-0.1, -0.05) is 41.9 Å². The van der Waals surface area contributed by atoms with Gasteiger partial charge < -0.3 is 15.2 Å². The molecule has 1 aromatic carbocycles. The van der Waals surface area contributed by atoms with Crippen molar-refractivity contribution in [2.75, 3.05) is 26.2 Å². The maximum atomic E-state index is 12.5. The first-order valence-electron chi connectivity index (χ1n) is 11.4. The number of hydrogen-bond donors (Lipinski definition) is 2. The summed E-state index contributed by atoms with van der Waals surface area (Å²) in [6, 6.07) is 12.2. The summed E-state index contributed by atoms with van der Waals surface area (Å²) in [5, 5.41) is 10.9. The van der Waals surface area contributed by atoms with Crippen LogP contribution in [0.25, 0.3) is 0 Å². The lowest BCUT2D eigenvalue weighted by molar-refractivity contribution is -0.122. The predicted molar refractivity (Wildman–Crippen MR) is 117 cm³/mol. The Bertz CT molecular complexity index is 786. The Kier molecular flexibility index (Phi) is 7.54. The molecule has 2 atom stereocenters. The van der Waals surface area contributed by atoms with Crippen LogP contribution in [0.4, 0.5) is 0 Å². The van der Waals surface area contributed by atoms with Gasteiger partial charge >= 0.3 is 0 Å². The van der Waals surface area contributed by atoms with Crippen LogP contribution in [0.15, 0.2) is 40.9 Å². The first-order valence-corrected chi connectivity index (χ1v) is 11.4. The van der Waals surface area contributed by atoms with Crippen LogP contribution in [0.2, 0.25) is 0 Å². The van der Waals surface area contributed by atoms with Gasteiger partial charge in [0, 0.05) is 19.0 Å². The third-order valence-electron chi connectivity index (χ3n) is 6.45. The highest BCUT2D eigenvalue weighted by atomic mass is 16.5. The van der Waals surface area contributed by atoms with E-state index in [1.807, 2.05) is 30.3 Å². The van der Waals surface area contributed by atoms with Gasteiger partial charge in [-0.25, -0.2) is 0 Å². The average molecular weight is 411 g/mol. The van der Waals surface area contributed by atoms with Gasteiger partial charge in [0.15, 0.2) is 5.76 Å². The molecule has 0 saturated carbocycles. The van der Waals surface area contributed by atoms with E-state index in [9.17, 15) is 4.79 Å². The number of likely N-dealkylation sites (tertiary alicyclic amines) is 1. The fourth-order valence-corrected chi connectivity index (χ4v) is 4.72. The van der Waals surface area contributed by atoms with E-state index in [1.165, 1.54) is 19.3 Å². The molecule has 4 rings (SSSR count). The van der Waals surface area contributed by atoms with Crippen LogP contribution in [0.1, 0.15) is 49.1 Å². The van der Waals surface area contributed by atoms with Crippen molar-refractivity contribution in [3.05, 3.63) is 53.4 Å². The quantitative estimate of drug-likeness (QED) is 0.700. The topological polar surface area (TPSA) is 70.4 Å². The molecule has 2 aromatic rings. The van der Waals surface area contributed by atoms with Crippen molar-refractivity contribution in [2.45, 2.75) is 51.6 Å². The van der Waals surface area contributed by atoms with E-state index in [4.69, 9.17) is 4.52 Å². The molecule has 6 nitrogen and oxygen atoms in total. The number of piperidine rings is 2. The normalized spacial score (nSPS) is 22.7. The zero-order valence-electron chi connectivity index (χ0n) is 17.8. The van der Waals surface area contributed by atoms with E-state index < -0.39 is 0 Å². The number of nitrogens with one attached hydrogen (secondary N) is 2. The maximum Gasteiger partial charge on any atom is 0.220 e. The second-order valence-electron chi connectivity index (χ2n) is 8.80. The molecule has 2 fully saturated rings. The van der Waals surface area contributed by atoms with Crippen molar-refractivity contribution in [1.82, 2.24) is 20.7 Å². The van der Waals surface area contributed by atoms with Crippen molar-refractivity contribution in [1.29, 1.82) is 0 Å². The first-order chi connectivity index (χ1) is 14.8. The summed E-state index contributed by atoms with van der Waals surface area (Å²) in [5.41, 5.74) is 2.15. The van der Waals surface area contributed by atoms with E-state index in [-0.39, 0.29) is 5.91 Å². The predicted octanol–water partition coefficient (Wildman–Crippen LogP) is 3.14. The largest absolute Gasteiger partial charge is 0.360 e. The minimum atomic E-state index is 0.140. The van der Waals surface area contributed by atoms with Gasteiger partial charge in [0.1, 0.15) is 0 Å². The van der Waals surface area contributed by atoms with Gasteiger partial charge in [0.25, 0.3) is 0 Å². The molecule has 0 bridgehead atoms. The molecule has 0 unspecified atom stereocenters.